The smallest absolute Gasteiger partial charge is 0.134 e. The first-order valence-electron chi connectivity index (χ1n) is 7.99. The van der Waals surface area contributed by atoms with Crippen LogP contribution in [0.1, 0.15) is 16.7 Å². The molecule has 5 heteroatoms. The number of benzene rings is 3. The molecular weight excluding hydrogens is 433 g/mol. The minimum atomic E-state index is 0.410. The molecule has 0 spiro atoms. The summed E-state index contributed by atoms with van der Waals surface area (Å²) < 4.78 is 6.72. The summed E-state index contributed by atoms with van der Waals surface area (Å²) in [5.41, 5.74) is 3.83. The SMILES string of the molecule is Cc1ccc(Cl)cc1N=Cc1ccc(OCc2ccccc2Cl)c(Br)c1. The minimum absolute atomic E-state index is 0.410. The molecule has 0 saturated carbocycles. The van der Waals surface area contributed by atoms with Crippen LogP contribution in [0.3, 0.4) is 0 Å². The van der Waals surface area contributed by atoms with Crippen molar-refractivity contribution in [3.8, 4) is 5.75 Å². The summed E-state index contributed by atoms with van der Waals surface area (Å²) in [6.45, 7) is 2.41. The summed E-state index contributed by atoms with van der Waals surface area (Å²) >= 11 is 15.7. The van der Waals surface area contributed by atoms with Gasteiger partial charge in [0.2, 0.25) is 0 Å². The van der Waals surface area contributed by atoms with Gasteiger partial charge in [0.05, 0.1) is 10.2 Å². The van der Waals surface area contributed by atoms with Crippen molar-refractivity contribution in [1.29, 1.82) is 0 Å². The Morgan fingerprint density at radius 1 is 1.04 bits per heavy atom. The molecule has 3 rings (SSSR count). The molecule has 0 heterocycles. The Kier molecular flexibility index (Phi) is 6.36. The Morgan fingerprint density at radius 2 is 1.85 bits per heavy atom. The van der Waals surface area contributed by atoms with Crippen LogP contribution in [0.2, 0.25) is 10.0 Å². The molecule has 0 amide bonds. The molecule has 3 aromatic carbocycles. The molecule has 0 unspecified atom stereocenters. The van der Waals surface area contributed by atoms with Gasteiger partial charge in [-0.3, -0.25) is 4.99 Å². The van der Waals surface area contributed by atoms with E-state index in [-0.39, 0.29) is 0 Å². The summed E-state index contributed by atoms with van der Waals surface area (Å²) in [4.78, 5) is 4.52. The fraction of sp³-hybridized carbons (Fsp3) is 0.0952. The molecule has 2 nitrogen and oxygen atoms in total. The fourth-order valence-electron chi connectivity index (χ4n) is 2.35. The summed E-state index contributed by atoms with van der Waals surface area (Å²) in [6, 6.07) is 19.1. The Balaban J connectivity index is 1.72. The number of halogens is 3. The highest BCUT2D eigenvalue weighted by atomic mass is 79.9. The summed E-state index contributed by atoms with van der Waals surface area (Å²) in [6.07, 6.45) is 1.81. The topological polar surface area (TPSA) is 21.6 Å². The van der Waals surface area contributed by atoms with Crippen LogP contribution < -0.4 is 4.74 Å². The lowest BCUT2D eigenvalue weighted by molar-refractivity contribution is 0.304. The van der Waals surface area contributed by atoms with Crippen LogP contribution in [-0.2, 0) is 6.61 Å². The molecule has 132 valence electrons. The zero-order chi connectivity index (χ0) is 18.5. The lowest BCUT2D eigenvalue weighted by Crippen LogP contribution is -1.97. The van der Waals surface area contributed by atoms with Gasteiger partial charge in [-0.15, -0.1) is 0 Å². The Hall–Kier alpha value is -1.81. The van der Waals surface area contributed by atoms with Gasteiger partial charge in [0.1, 0.15) is 12.4 Å². The highest BCUT2D eigenvalue weighted by Gasteiger charge is 2.05. The van der Waals surface area contributed by atoms with Gasteiger partial charge in [-0.2, -0.15) is 0 Å². The maximum atomic E-state index is 6.16. The van der Waals surface area contributed by atoms with Crippen molar-refractivity contribution in [2.45, 2.75) is 13.5 Å². The molecular formula is C21H16BrCl2NO. The molecule has 0 N–H and O–H groups in total. The first-order chi connectivity index (χ1) is 12.5. The third kappa shape index (κ3) is 4.88. The van der Waals surface area contributed by atoms with Crippen LogP contribution in [0.5, 0.6) is 5.75 Å². The number of rotatable bonds is 5. The molecule has 0 bridgehead atoms. The monoisotopic (exact) mass is 447 g/mol. The molecule has 3 aromatic rings. The van der Waals surface area contributed by atoms with E-state index >= 15 is 0 Å². The van der Waals surface area contributed by atoms with E-state index in [2.05, 4.69) is 20.9 Å². The molecule has 0 radical (unpaired) electrons. The van der Waals surface area contributed by atoms with E-state index in [1.807, 2.05) is 67.6 Å². The Bertz CT molecular complexity index is 956. The molecule has 0 saturated heterocycles. The lowest BCUT2D eigenvalue weighted by atomic mass is 10.2. The summed E-state index contributed by atoms with van der Waals surface area (Å²) in [5.74, 6) is 0.751. The number of ether oxygens (including phenoxy) is 1. The molecule has 0 aliphatic heterocycles. The van der Waals surface area contributed by atoms with Crippen molar-refractivity contribution >= 4 is 51.0 Å². The second-order valence-electron chi connectivity index (χ2n) is 5.76. The van der Waals surface area contributed by atoms with Crippen LogP contribution >= 0.6 is 39.1 Å². The van der Waals surface area contributed by atoms with Crippen LogP contribution in [0.4, 0.5) is 5.69 Å². The number of aliphatic imine (C=N–C) groups is 1. The predicted molar refractivity (Wildman–Crippen MR) is 113 cm³/mol. The van der Waals surface area contributed by atoms with Crippen molar-refractivity contribution in [2.24, 2.45) is 4.99 Å². The molecule has 0 aliphatic carbocycles. The second-order valence-corrected chi connectivity index (χ2v) is 7.46. The molecule has 0 aromatic heterocycles. The van der Waals surface area contributed by atoms with Crippen LogP contribution in [0.15, 0.2) is 70.1 Å². The number of aryl methyl sites for hydroxylation is 1. The number of hydrogen-bond donors (Lipinski definition) is 0. The van der Waals surface area contributed by atoms with Gasteiger partial charge in [0.25, 0.3) is 0 Å². The number of nitrogens with zero attached hydrogens (tertiary/aromatic N) is 1. The number of hydrogen-bond acceptors (Lipinski definition) is 2. The van der Waals surface area contributed by atoms with E-state index in [9.17, 15) is 0 Å². The zero-order valence-corrected chi connectivity index (χ0v) is 17.1. The molecule has 26 heavy (non-hydrogen) atoms. The quantitative estimate of drug-likeness (QED) is 0.372. The highest BCUT2D eigenvalue weighted by Crippen LogP contribution is 2.28. The van der Waals surface area contributed by atoms with Crippen molar-refractivity contribution in [3.63, 3.8) is 0 Å². The van der Waals surface area contributed by atoms with E-state index in [4.69, 9.17) is 27.9 Å². The normalized spacial score (nSPS) is 11.1. The minimum Gasteiger partial charge on any atom is -0.488 e. The van der Waals surface area contributed by atoms with E-state index in [0.717, 1.165) is 32.6 Å². The van der Waals surface area contributed by atoms with E-state index in [1.165, 1.54) is 0 Å². The van der Waals surface area contributed by atoms with Crippen LogP contribution in [0.25, 0.3) is 0 Å². The summed E-state index contributed by atoms with van der Waals surface area (Å²) in [7, 11) is 0. The zero-order valence-electron chi connectivity index (χ0n) is 14.0. The van der Waals surface area contributed by atoms with Gasteiger partial charge in [0.15, 0.2) is 0 Å². The Morgan fingerprint density at radius 3 is 2.62 bits per heavy atom. The average Bonchev–Trinajstić information content (AvgIpc) is 2.63. The molecule has 0 aliphatic rings. The van der Waals surface area contributed by atoms with E-state index in [1.54, 1.807) is 6.21 Å². The van der Waals surface area contributed by atoms with Crippen LogP contribution in [0, 0.1) is 6.92 Å². The third-order valence-corrected chi connectivity index (χ3v) is 5.04. The maximum absolute atomic E-state index is 6.16. The van der Waals surface area contributed by atoms with Gasteiger partial charge < -0.3 is 4.74 Å². The van der Waals surface area contributed by atoms with Crippen molar-refractivity contribution in [3.05, 3.63) is 91.9 Å². The highest BCUT2D eigenvalue weighted by molar-refractivity contribution is 9.10. The Labute approximate surface area is 171 Å². The van der Waals surface area contributed by atoms with E-state index in [0.29, 0.717) is 16.7 Å². The predicted octanol–water partition coefficient (Wildman–Crippen LogP) is 7.39. The fourth-order valence-corrected chi connectivity index (χ4v) is 3.22. The largest absolute Gasteiger partial charge is 0.488 e. The van der Waals surface area contributed by atoms with Crippen molar-refractivity contribution in [1.82, 2.24) is 0 Å². The first kappa shape index (κ1) is 19.0. The second kappa shape index (κ2) is 8.72. The lowest BCUT2D eigenvalue weighted by Gasteiger charge is -2.10. The first-order valence-corrected chi connectivity index (χ1v) is 9.54. The van der Waals surface area contributed by atoms with Gasteiger partial charge >= 0.3 is 0 Å². The maximum Gasteiger partial charge on any atom is 0.134 e. The van der Waals surface area contributed by atoms with Gasteiger partial charge in [-0.25, -0.2) is 0 Å². The van der Waals surface area contributed by atoms with Crippen molar-refractivity contribution in [2.75, 3.05) is 0 Å². The molecule has 0 fully saturated rings. The third-order valence-electron chi connectivity index (χ3n) is 3.82. The molecule has 0 atom stereocenters. The van der Waals surface area contributed by atoms with Gasteiger partial charge in [-0.05, 0) is 70.4 Å². The van der Waals surface area contributed by atoms with Gasteiger partial charge in [-0.1, -0.05) is 47.5 Å². The summed E-state index contributed by atoms with van der Waals surface area (Å²) in [5, 5.41) is 1.37. The standard InChI is InChI=1S/C21H16BrCl2NO/c1-14-6-8-17(23)11-20(14)25-12-15-7-9-21(18(22)10-15)26-13-16-4-2-3-5-19(16)24/h2-12H,13H2,1H3. The van der Waals surface area contributed by atoms with E-state index < -0.39 is 0 Å². The van der Waals surface area contributed by atoms with Crippen LogP contribution in [-0.4, -0.2) is 6.21 Å². The average molecular weight is 449 g/mol. The van der Waals surface area contributed by atoms with Gasteiger partial charge in [0, 0.05) is 21.8 Å². The van der Waals surface area contributed by atoms with Crippen molar-refractivity contribution < 1.29 is 4.74 Å².